The molecule has 2 aromatic rings. The molecule has 18 heavy (non-hydrogen) atoms. The molecule has 2 rings (SSSR count). The first-order valence-electron chi connectivity index (χ1n) is 5.39. The maximum absolute atomic E-state index is 13.1. The van der Waals surface area contributed by atoms with Crippen molar-refractivity contribution in [2.75, 3.05) is 0 Å². The number of aryl methyl sites for hydroxylation is 1. The van der Waals surface area contributed by atoms with Gasteiger partial charge in [0.15, 0.2) is 0 Å². The third-order valence-corrected chi connectivity index (χ3v) is 3.39. The van der Waals surface area contributed by atoms with Crippen molar-refractivity contribution < 1.29 is 9.13 Å². The Morgan fingerprint density at radius 3 is 2.72 bits per heavy atom. The Bertz CT molecular complexity index is 572. The average Bonchev–Trinajstić information content (AvgIpc) is 2.34. The van der Waals surface area contributed by atoms with Gasteiger partial charge in [0, 0.05) is 0 Å². The van der Waals surface area contributed by atoms with Crippen LogP contribution in [0.4, 0.5) is 4.39 Å². The minimum absolute atomic E-state index is 0.285. The number of hydrogen-bond acceptors (Lipinski definition) is 1. The molecule has 0 saturated heterocycles. The van der Waals surface area contributed by atoms with E-state index >= 15 is 0 Å². The summed E-state index contributed by atoms with van der Waals surface area (Å²) in [5, 5.41) is 0.571. The lowest BCUT2D eigenvalue weighted by Crippen LogP contribution is -1.97. The molecule has 94 valence electrons. The van der Waals surface area contributed by atoms with Gasteiger partial charge in [-0.3, -0.25) is 0 Å². The van der Waals surface area contributed by atoms with Gasteiger partial charge in [0.2, 0.25) is 0 Å². The van der Waals surface area contributed by atoms with Gasteiger partial charge in [0.05, 0.1) is 9.50 Å². The summed E-state index contributed by atoms with van der Waals surface area (Å²) in [6.07, 6.45) is 0. The lowest BCUT2D eigenvalue weighted by atomic mass is 10.2. The second kappa shape index (κ2) is 5.72. The molecule has 0 unspecified atom stereocenters. The molecule has 0 aromatic heterocycles. The maximum Gasteiger partial charge on any atom is 0.138 e. The summed E-state index contributed by atoms with van der Waals surface area (Å²) in [7, 11) is 0. The van der Waals surface area contributed by atoms with Crippen LogP contribution >= 0.6 is 27.5 Å². The highest BCUT2D eigenvalue weighted by Gasteiger charge is 2.04. The van der Waals surface area contributed by atoms with Crippen molar-refractivity contribution in [3.63, 3.8) is 0 Å². The average molecular weight is 330 g/mol. The molecule has 0 aliphatic carbocycles. The van der Waals surface area contributed by atoms with Gasteiger partial charge in [-0.15, -0.1) is 0 Å². The van der Waals surface area contributed by atoms with E-state index in [2.05, 4.69) is 15.9 Å². The first kappa shape index (κ1) is 13.4. The summed E-state index contributed by atoms with van der Waals surface area (Å²) in [5.74, 6) is 0.351. The van der Waals surface area contributed by atoms with Crippen LogP contribution in [0.15, 0.2) is 40.9 Å². The topological polar surface area (TPSA) is 9.23 Å². The van der Waals surface area contributed by atoms with Crippen LogP contribution in [0.5, 0.6) is 5.75 Å². The first-order chi connectivity index (χ1) is 8.56. The Kier molecular flexibility index (Phi) is 4.25. The Morgan fingerprint density at radius 2 is 2.00 bits per heavy atom. The second-order valence-corrected chi connectivity index (χ2v) is 5.23. The zero-order valence-corrected chi connectivity index (χ0v) is 12.1. The van der Waals surface area contributed by atoms with Gasteiger partial charge in [-0.05, 0) is 58.2 Å². The van der Waals surface area contributed by atoms with Crippen LogP contribution in [-0.4, -0.2) is 0 Å². The fourth-order valence-corrected chi connectivity index (χ4v) is 2.11. The lowest BCUT2D eigenvalue weighted by Gasteiger charge is -2.09. The van der Waals surface area contributed by atoms with Crippen molar-refractivity contribution in [3.05, 3.63) is 62.8 Å². The van der Waals surface area contributed by atoms with Gasteiger partial charge < -0.3 is 4.74 Å². The molecule has 2 aromatic carbocycles. The van der Waals surface area contributed by atoms with Crippen molar-refractivity contribution in [2.45, 2.75) is 13.5 Å². The summed E-state index contributed by atoms with van der Waals surface area (Å²) in [4.78, 5) is 0. The highest BCUT2D eigenvalue weighted by atomic mass is 79.9. The Hall–Kier alpha value is -1.06. The standard InChI is InChI=1S/C14H11BrClFO/c1-9-2-4-12(16)14(6-9)18-8-10-3-5-13(17)11(15)7-10/h2-7H,8H2,1H3. The SMILES string of the molecule is Cc1ccc(Cl)c(OCc2ccc(F)c(Br)c2)c1. The number of ether oxygens (including phenoxy) is 1. The molecular weight excluding hydrogens is 319 g/mol. The molecule has 0 bridgehead atoms. The van der Waals surface area contributed by atoms with Gasteiger partial charge in [-0.1, -0.05) is 23.7 Å². The summed E-state index contributed by atoms with van der Waals surface area (Å²) in [6, 6.07) is 10.4. The van der Waals surface area contributed by atoms with E-state index in [0.717, 1.165) is 11.1 Å². The van der Waals surface area contributed by atoms with Crippen LogP contribution in [0, 0.1) is 12.7 Å². The zero-order chi connectivity index (χ0) is 13.1. The maximum atomic E-state index is 13.1. The highest BCUT2D eigenvalue weighted by molar-refractivity contribution is 9.10. The van der Waals surface area contributed by atoms with Gasteiger partial charge in [0.25, 0.3) is 0 Å². The van der Waals surface area contributed by atoms with Crippen LogP contribution in [0.2, 0.25) is 5.02 Å². The summed E-state index contributed by atoms with van der Waals surface area (Å²) in [5.41, 5.74) is 1.95. The van der Waals surface area contributed by atoms with Gasteiger partial charge in [0.1, 0.15) is 18.2 Å². The monoisotopic (exact) mass is 328 g/mol. The molecule has 0 saturated carbocycles. The van der Waals surface area contributed by atoms with Crippen molar-refractivity contribution in [3.8, 4) is 5.75 Å². The van der Waals surface area contributed by atoms with Crippen molar-refractivity contribution in [1.82, 2.24) is 0 Å². The summed E-state index contributed by atoms with van der Waals surface area (Å²) in [6.45, 7) is 2.32. The number of rotatable bonds is 3. The number of hydrogen-bond donors (Lipinski definition) is 0. The van der Waals surface area contributed by atoms with Gasteiger partial charge >= 0.3 is 0 Å². The minimum Gasteiger partial charge on any atom is -0.487 e. The lowest BCUT2D eigenvalue weighted by molar-refractivity contribution is 0.306. The van der Waals surface area contributed by atoms with Crippen LogP contribution in [0.1, 0.15) is 11.1 Å². The van der Waals surface area contributed by atoms with Crippen LogP contribution in [0.3, 0.4) is 0 Å². The smallest absolute Gasteiger partial charge is 0.138 e. The second-order valence-electron chi connectivity index (χ2n) is 3.97. The molecule has 0 fully saturated rings. The van der Waals surface area contributed by atoms with E-state index in [1.54, 1.807) is 18.2 Å². The normalized spacial score (nSPS) is 10.4. The van der Waals surface area contributed by atoms with Gasteiger partial charge in [-0.25, -0.2) is 4.39 Å². The molecule has 0 amide bonds. The summed E-state index contributed by atoms with van der Waals surface area (Å²) < 4.78 is 19.1. The Balaban J connectivity index is 2.11. The molecule has 0 spiro atoms. The van der Waals surface area contributed by atoms with Crippen molar-refractivity contribution in [2.24, 2.45) is 0 Å². The third kappa shape index (κ3) is 3.24. The van der Waals surface area contributed by atoms with E-state index in [0.29, 0.717) is 21.9 Å². The molecule has 4 heteroatoms. The van der Waals surface area contributed by atoms with Crippen LogP contribution in [-0.2, 0) is 6.61 Å². The quantitative estimate of drug-likeness (QED) is 0.758. The predicted molar refractivity (Wildman–Crippen MR) is 74.6 cm³/mol. The molecule has 0 atom stereocenters. The fourth-order valence-electron chi connectivity index (χ4n) is 1.51. The number of benzene rings is 2. The molecule has 0 heterocycles. The molecule has 0 aliphatic rings. The molecule has 1 nitrogen and oxygen atoms in total. The van der Waals surface area contributed by atoms with Crippen LogP contribution in [0.25, 0.3) is 0 Å². The highest BCUT2D eigenvalue weighted by Crippen LogP contribution is 2.26. The Morgan fingerprint density at radius 1 is 1.22 bits per heavy atom. The number of halogens is 3. The van der Waals surface area contributed by atoms with Gasteiger partial charge in [-0.2, -0.15) is 0 Å². The zero-order valence-electron chi connectivity index (χ0n) is 9.71. The Labute approximate surface area is 119 Å². The third-order valence-electron chi connectivity index (χ3n) is 2.47. The van der Waals surface area contributed by atoms with Crippen LogP contribution < -0.4 is 4.74 Å². The van der Waals surface area contributed by atoms with E-state index < -0.39 is 0 Å². The van der Waals surface area contributed by atoms with Crippen molar-refractivity contribution >= 4 is 27.5 Å². The van der Waals surface area contributed by atoms with E-state index in [4.69, 9.17) is 16.3 Å². The first-order valence-corrected chi connectivity index (χ1v) is 6.56. The molecule has 0 radical (unpaired) electrons. The summed E-state index contributed by atoms with van der Waals surface area (Å²) >= 11 is 9.17. The largest absolute Gasteiger partial charge is 0.487 e. The minimum atomic E-state index is -0.285. The molecular formula is C14H11BrClFO. The van der Waals surface area contributed by atoms with E-state index in [-0.39, 0.29) is 5.82 Å². The van der Waals surface area contributed by atoms with E-state index in [1.165, 1.54) is 6.07 Å². The van der Waals surface area contributed by atoms with E-state index in [1.807, 2.05) is 19.1 Å². The fraction of sp³-hybridized carbons (Fsp3) is 0.143. The molecule has 0 N–H and O–H groups in total. The van der Waals surface area contributed by atoms with E-state index in [9.17, 15) is 4.39 Å². The molecule has 0 aliphatic heterocycles. The predicted octanol–water partition coefficient (Wildman–Crippen LogP) is 5.13. The van der Waals surface area contributed by atoms with Crippen molar-refractivity contribution in [1.29, 1.82) is 0 Å².